The average Bonchev–Trinajstić information content (AvgIpc) is 2.04. The second kappa shape index (κ2) is 3.54. The van der Waals surface area contributed by atoms with Crippen molar-refractivity contribution in [1.29, 1.82) is 0 Å². The number of halogens is 2. The smallest absolute Gasteiger partial charge is 0.141 e. The van der Waals surface area contributed by atoms with Gasteiger partial charge in [-0.15, -0.1) is 0 Å². The van der Waals surface area contributed by atoms with Gasteiger partial charge in [-0.2, -0.15) is 0 Å². The summed E-state index contributed by atoms with van der Waals surface area (Å²) in [6, 6.07) is 5.31. The van der Waals surface area contributed by atoms with Crippen molar-refractivity contribution in [2.75, 3.05) is 5.32 Å². The summed E-state index contributed by atoms with van der Waals surface area (Å²) in [7, 11) is 0. The zero-order valence-corrected chi connectivity index (χ0v) is 7.94. The standard InChI is InChI=1S/C10H11ClFN/c11-9-6-8(4-5-10(9)12)13-7-2-1-3-7/h4-7,13H,1-3H2. The third kappa shape index (κ3) is 1.94. The highest BCUT2D eigenvalue weighted by atomic mass is 35.5. The summed E-state index contributed by atoms with van der Waals surface area (Å²) in [5, 5.41) is 3.48. The molecule has 0 radical (unpaired) electrons. The minimum atomic E-state index is -0.360. The molecule has 0 amide bonds. The van der Waals surface area contributed by atoms with E-state index in [2.05, 4.69) is 5.32 Å². The summed E-state index contributed by atoms with van der Waals surface area (Å²) >= 11 is 5.64. The lowest BCUT2D eigenvalue weighted by molar-refractivity contribution is 0.445. The highest BCUT2D eigenvalue weighted by Crippen LogP contribution is 2.25. The molecule has 1 aromatic rings. The molecule has 0 atom stereocenters. The molecule has 1 N–H and O–H groups in total. The maximum absolute atomic E-state index is 12.8. The molecule has 0 aromatic heterocycles. The molecule has 1 saturated carbocycles. The molecule has 70 valence electrons. The van der Waals surface area contributed by atoms with Crippen molar-refractivity contribution in [3.63, 3.8) is 0 Å². The highest BCUT2D eigenvalue weighted by molar-refractivity contribution is 6.31. The first-order chi connectivity index (χ1) is 6.25. The van der Waals surface area contributed by atoms with Gasteiger partial charge < -0.3 is 5.32 Å². The summed E-state index contributed by atoms with van der Waals surface area (Å²) in [5.41, 5.74) is 0.913. The van der Waals surface area contributed by atoms with Crippen LogP contribution in [0.5, 0.6) is 0 Å². The summed E-state index contributed by atoms with van der Waals surface area (Å²) in [4.78, 5) is 0. The number of benzene rings is 1. The van der Waals surface area contributed by atoms with E-state index in [1.54, 1.807) is 12.1 Å². The molecule has 1 aliphatic carbocycles. The summed E-state index contributed by atoms with van der Waals surface area (Å²) in [6.07, 6.45) is 3.69. The first-order valence-electron chi connectivity index (χ1n) is 4.47. The Kier molecular flexibility index (Phi) is 2.40. The van der Waals surface area contributed by atoms with Crippen LogP contribution < -0.4 is 5.32 Å². The minimum absolute atomic E-state index is 0.185. The van der Waals surface area contributed by atoms with Crippen molar-refractivity contribution >= 4 is 17.3 Å². The Bertz CT molecular complexity index is 310. The summed E-state index contributed by atoms with van der Waals surface area (Å²) in [5.74, 6) is -0.360. The fraction of sp³-hybridized carbons (Fsp3) is 0.400. The predicted octanol–water partition coefficient (Wildman–Crippen LogP) is 3.44. The fourth-order valence-corrected chi connectivity index (χ4v) is 1.55. The van der Waals surface area contributed by atoms with Crippen molar-refractivity contribution in [2.45, 2.75) is 25.3 Å². The number of anilines is 1. The predicted molar refractivity (Wildman–Crippen MR) is 52.7 cm³/mol. The van der Waals surface area contributed by atoms with Gasteiger partial charge in [0.2, 0.25) is 0 Å². The van der Waals surface area contributed by atoms with E-state index in [1.165, 1.54) is 25.3 Å². The molecule has 0 heterocycles. The van der Waals surface area contributed by atoms with Crippen molar-refractivity contribution < 1.29 is 4.39 Å². The quantitative estimate of drug-likeness (QED) is 0.770. The molecule has 1 fully saturated rings. The highest BCUT2D eigenvalue weighted by Gasteiger charge is 2.16. The van der Waals surface area contributed by atoms with Crippen molar-refractivity contribution in [2.24, 2.45) is 0 Å². The Hall–Kier alpha value is -0.760. The van der Waals surface area contributed by atoms with E-state index < -0.39 is 0 Å². The lowest BCUT2D eigenvalue weighted by Gasteiger charge is -2.27. The molecule has 0 unspecified atom stereocenters. The molecule has 0 aliphatic heterocycles. The lowest BCUT2D eigenvalue weighted by atomic mass is 9.93. The van der Waals surface area contributed by atoms with Gasteiger partial charge in [-0.3, -0.25) is 0 Å². The Labute approximate surface area is 81.9 Å². The van der Waals surface area contributed by atoms with Crippen LogP contribution in [0.15, 0.2) is 18.2 Å². The fourth-order valence-electron chi connectivity index (χ4n) is 1.37. The van der Waals surface area contributed by atoms with E-state index in [0.717, 1.165) is 5.69 Å². The number of nitrogens with one attached hydrogen (secondary N) is 1. The monoisotopic (exact) mass is 199 g/mol. The van der Waals surface area contributed by atoms with Crippen molar-refractivity contribution in [3.05, 3.63) is 29.0 Å². The van der Waals surface area contributed by atoms with Crippen LogP contribution in [0.25, 0.3) is 0 Å². The second-order valence-electron chi connectivity index (χ2n) is 3.40. The van der Waals surface area contributed by atoms with Crippen LogP contribution in [0.4, 0.5) is 10.1 Å². The maximum Gasteiger partial charge on any atom is 0.141 e. The molecule has 0 spiro atoms. The molecule has 3 heteroatoms. The van der Waals surface area contributed by atoms with E-state index in [0.29, 0.717) is 6.04 Å². The Morgan fingerprint density at radius 2 is 2.15 bits per heavy atom. The van der Waals surface area contributed by atoms with Gasteiger partial charge in [-0.25, -0.2) is 4.39 Å². The molecule has 0 bridgehead atoms. The van der Waals surface area contributed by atoms with Gasteiger partial charge in [-0.05, 0) is 37.5 Å². The first kappa shape index (κ1) is 8.82. The number of hydrogen-bond acceptors (Lipinski definition) is 1. The maximum atomic E-state index is 12.8. The van der Waals surface area contributed by atoms with Gasteiger partial charge in [0.05, 0.1) is 5.02 Å². The van der Waals surface area contributed by atoms with Crippen LogP contribution in [0, 0.1) is 5.82 Å². The topological polar surface area (TPSA) is 12.0 Å². The van der Waals surface area contributed by atoms with Crippen LogP contribution >= 0.6 is 11.6 Å². The molecule has 2 rings (SSSR count). The average molecular weight is 200 g/mol. The molecule has 1 nitrogen and oxygen atoms in total. The molecule has 1 aliphatic rings. The van der Waals surface area contributed by atoms with Crippen LogP contribution in [0.2, 0.25) is 5.02 Å². The van der Waals surface area contributed by atoms with Gasteiger partial charge >= 0.3 is 0 Å². The van der Waals surface area contributed by atoms with E-state index in [1.807, 2.05) is 0 Å². The van der Waals surface area contributed by atoms with Crippen LogP contribution in [0.1, 0.15) is 19.3 Å². The largest absolute Gasteiger partial charge is 0.382 e. The third-order valence-corrected chi connectivity index (χ3v) is 2.69. The summed E-state index contributed by atoms with van der Waals surface area (Å²) < 4.78 is 12.8. The van der Waals surface area contributed by atoms with Crippen LogP contribution in [-0.2, 0) is 0 Å². The van der Waals surface area contributed by atoms with Crippen LogP contribution in [-0.4, -0.2) is 6.04 Å². The van der Waals surface area contributed by atoms with E-state index in [-0.39, 0.29) is 10.8 Å². The van der Waals surface area contributed by atoms with Crippen molar-refractivity contribution in [1.82, 2.24) is 0 Å². The van der Waals surface area contributed by atoms with Crippen molar-refractivity contribution in [3.8, 4) is 0 Å². The van der Waals surface area contributed by atoms with Gasteiger partial charge in [0.15, 0.2) is 0 Å². The normalized spacial score (nSPS) is 16.8. The Morgan fingerprint density at radius 3 is 2.69 bits per heavy atom. The zero-order valence-electron chi connectivity index (χ0n) is 7.19. The first-order valence-corrected chi connectivity index (χ1v) is 4.85. The van der Waals surface area contributed by atoms with Gasteiger partial charge in [0, 0.05) is 11.7 Å². The van der Waals surface area contributed by atoms with Crippen LogP contribution in [0.3, 0.4) is 0 Å². The number of hydrogen-bond donors (Lipinski definition) is 1. The van der Waals surface area contributed by atoms with E-state index in [9.17, 15) is 4.39 Å². The van der Waals surface area contributed by atoms with E-state index >= 15 is 0 Å². The zero-order chi connectivity index (χ0) is 9.26. The minimum Gasteiger partial charge on any atom is -0.382 e. The Morgan fingerprint density at radius 1 is 1.38 bits per heavy atom. The second-order valence-corrected chi connectivity index (χ2v) is 3.81. The number of rotatable bonds is 2. The SMILES string of the molecule is Fc1ccc(NC2CCC2)cc1Cl. The molecule has 13 heavy (non-hydrogen) atoms. The molecular formula is C10H11ClFN. The molecular weight excluding hydrogens is 189 g/mol. The molecule has 1 aromatic carbocycles. The van der Waals surface area contributed by atoms with Gasteiger partial charge in [0.25, 0.3) is 0 Å². The lowest BCUT2D eigenvalue weighted by Crippen LogP contribution is -2.26. The summed E-state index contributed by atoms with van der Waals surface area (Å²) in [6.45, 7) is 0. The Balaban J connectivity index is 2.07. The van der Waals surface area contributed by atoms with E-state index in [4.69, 9.17) is 11.6 Å². The molecule has 0 saturated heterocycles. The van der Waals surface area contributed by atoms with Gasteiger partial charge in [0.1, 0.15) is 5.82 Å². The van der Waals surface area contributed by atoms with Gasteiger partial charge in [-0.1, -0.05) is 11.6 Å². The third-order valence-electron chi connectivity index (χ3n) is 2.40.